The molecule has 0 saturated heterocycles. The van der Waals surface area contributed by atoms with Gasteiger partial charge in [-0.3, -0.25) is 0 Å². The third-order valence-corrected chi connectivity index (χ3v) is 2.79. The van der Waals surface area contributed by atoms with E-state index < -0.39 is 0 Å². The SMILES string of the molecule is CC#CCNc1nc(Cl)nc2sccc12. The highest BCUT2D eigenvalue weighted by atomic mass is 35.5. The van der Waals surface area contributed by atoms with Crippen LogP contribution in [-0.2, 0) is 0 Å². The van der Waals surface area contributed by atoms with Gasteiger partial charge in [0.15, 0.2) is 0 Å². The average Bonchev–Trinajstić information content (AvgIpc) is 2.65. The second-order valence-corrected chi connectivity index (χ2v) is 3.99. The van der Waals surface area contributed by atoms with Crippen molar-refractivity contribution in [1.29, 1.82) is 0 Å². The van der Waals surface area contributed by atoms with Crippen LogP contribution in [0.4, 0.5) is 5.82 Å². The van der Waals surface area contributed by atoms with Crippen LogP contribution in [0.3, 0.4) is 0 Å². The molecule has 0 bridgehead atoms. The molecule has 0 saturated carbocycles. The van der Waals surface area contributed by atoms with E-state index in [9.17, 15) is 0 Å². The maximum absolute atomic E-state index is 5.80. The van der Waals surface area contributed by atoms with Crippen LogP contribution < -0.4 is 5.32 Å². The molecule has 3 nitrogen and oxygen atoms in total. The number of anilines is 1. The van der Waals surface area contributed by atoms with E-state index in [1.165, 1.54) is 0 Å². The summed E-state index contributed by atoms with van der Waals surface area (Å²) in [6.45, 7) is 2.36. The Hall–Kier alpha value is -1.31. The summed E-state index contributed by atoms with van der Waals surface area (Å²) in [5.41, 5.74) is 0. The largest absolute Gasteiger partial charge is 0.358 e. The van der Waals surface area contributed by atoms with Crippen LogP contribution in [0.25, 0.3) is 10.2 Å². The molecule has 2 aromatic heterocycles. The predicted molar refractivity (Wildman–Crippen MR) is 64.4 cm³/mol. The summed E-state index contributed by atoms with van der Waals surface area (Å²) in [6.07, 6.45) is 0. The number of halogens is 1. The van der Waals surface area contributed by atoms with E-state index in [1.807, 2.05) is 11.4 Å². The first-order chi connectivity index (χ1) is 7.31. The molecule has 15 heavy (non-hydrogen) atoms. The van der Waals surface area contributed by atoms with Gasteiger partial charge in [-0.05, 0) is 30.0 Å². The molecule has 5 heteroatoms. The molecule has 2 rings (SSSR count). The van der Waals surface area contributed by atoms with Crippen molar-refractivity contribution in [1.82, 2.24) is 9.97 Å². The monoisotopic (exact) mass is 237 g/mol. The molecule has 1 N–H and O–H groups in total. The molecule has 2 heterocycles. The summed E-state index contributed by atoms with van der Waals surface area (Å²) >= 11 is 7.35. The Morgan fingerprint density at radius 1 is 1.53 bits per heavy atom. The van der Waals surface area contributed by atoms with Crippen molar-refractivity contribution in [3.63, 3.8) is 0 Å². The Balaban J connectivity index is 2.38. The third-order valence-electron chi connectivity index (χ3n) is 1.82. The van der Waals surface area contributed by atoms with Crippen LogP contribution in [-0.4, -0.2) is 16.5 Å². The Morgan fingerprint density at radius 2 is 2.40 bits per heavy atom. The van der Waals surface area contributed by atoms with Crippen molar-refractivity contribution in [2.75, 3.05) is 11.9 Å². The minimum atomic E-state index is 0.261. The molecule has 0 aromatic carbocycles. The highest BCUT2D eigenvalue weighted by molar-refractivity contribution is 7.16. The first-order valence-electron chi connectivity index (χ1n) is 4.35. The van der Waals surface area contributed by atoms with E-state index in [2.05, 4.69) is 27.1 Å². The summed E-state index contributed by atoms with van der Waals surface area (Å²) < 4.78 is 0. The molecule has 0 aliphatic rings. The zero-order chi connectivity index (χ0) is 10.7. The van der Waals surface area contributed by atoms with Gasteiger partial charge in [-0.1, -0.05) is 5.92 Å². The van der Waals surface area contributed by atoms with Crippen LogP contribution in [0.15, 0.2) is 11.4 Å². The molecular weight excluding hydrogens is 230 g/mol. The highest BCUT2D eigenvalue weighted by Crippen LogP contribution is 2.25. The van der Waals surface area contributed by atoms with E-state index in [0.717, 1.165) is 16.0 Å². The van der Waals surface area contributed by atoms with Gasteiger partial charge in [-0.2, -0.15) is 0 Å². The lowest BCUT2D eigenvalue weighted by atomic mass is 10.4. The summed E-state index contributed by atoms with van der Waals surface area (Å²) in [7, 11) is 0. The molecule has 0 fully saturated rings. The van der Waals surface area contributed by atoms with Crippen LogP contribution in [0.1, 0.15) is 6.92 Å². The normalized spacial score (nSPS) is 9.73. The molecule has 76 valence electrons. The summed E-state index contributed by atoms with van der Waals surface area (Å²) in [5.74, 6) is 6.46. The molecule has 0 unspecified atom stereocenters. The van der Waals surface area contributed by atoms with Crippen LogP contribution in [0.5, 0.6) is 0 Å². The summed E-state index contributed by atoms with van der Waals surface area (Å²) in [6, 6.07) is 1.97. The van der Waals surface area contributed by atoms with E-state index in [0.29, 0.717) is 6.54 Å². The molecule has 0 radical (unpaired) electrons. The van der Waals surface area contributed by atoms with Crippen molar-refractivity contribution in [2.45, 2.75) is 6.92 Å². The van der Waals surface area contributed by atoms with Crippen molar-refractivity contribution < 1.29 is 0 Å². The summed E-state index contributed by atoms with van der Waals surface area (Å²) in [5, 5.41) is 6.33. The van der Waals surface area contributed by atoms with Crippen molar-refractivity contribution >= 4 is 39.0 Å². The number of aromatic nitrogens is 2. The molecular formula is C10H8ClN3S. The van der Waals surface area contributed by atoms with Crippen molar-refractivity contribution in [2.24, 2.45) is 0 Å². The first kappa shape index (κ1) is 10.2. The fourth-order valence-electron chi connectivity index (χ4n) is 1.18. The Kier molecular flexibility index (Phi) is 3.05. The number of thiophene rings is 1. The van der Waals surface area contributed by atoms with Crippen LogP contribution in [0.2, 0.25) is 5.28 Å². The number of nitrogens with zero attached hydrogens (tertiary/aromatic N) is 2. The topological polar surface area (TPSA) is 37.8 Å². The highest BCUT2D eigenvalue weighted by Gasteiger charge is 2.06. The lowest BCUT2D eigenvalue weighted by Crippen LogP contribution is -2.02. The fourth-order valence-corrected chi connectivity index (χ4v) is 2.16. The standard InChI is InChI=1S/C10H8ClN3S/c1-2-3-5-12-8-7-4-6-15-9(7)14-10(11)13-8/h4,6H,5H2,1H3,(H,12,13,14). The minimum Gasteiger partial charge on any atom is -0.358 e. The van der Waals surface area contributed by atoms with Gasteiger partial charge >= 0.3 is 0 Å². The van der Waals surface area contributed by atoms with Crippen molar-refractivity contribution in [3.8, 4) is 11.8 Å². The third kappa shape index (κ3) is 2.20. The van der Waals surface area contributed by atoms with Gasteiger partial charge in [0.05, 0.1) is 11.9 Å². The molecule has 0 aliphatic carbocycles. The van der Waals surface area contributed by atoms with Gasteiger partial charge in [-0.25, -0.2) is 9.97 Å². The van der Waals surface area contributed by atoms with Gasteiger partial charge < -0.3 is 5.32 Å². The zero-order valence-electron chi connectivity index (χ0n) is 8.04. The van der Waals surface area contributed by atoms with Crippen LogP contribution >= 0.6 is 22.9 Å². The first-order valence-corrected chi connectivity index (χ1v) is 5.61. The maximum Gasteiger partial charge on any atom is 0.225 e. The van der Waals surface area contributed by atoms with E-state index in [1.54, 1.807) is 18.3 Å². The number of hydrogen-bond acceptors (Lipinski definition) is 4. The lowest BCUT2D eigenvalue weighted by molar-refractivity contribution is 1.20. The quantitative estimate of drug-likeness (QED) is 0.645. The number of rotatable bonds is 2. The Labute approximate surface area is 96.5 Å². The van der Waals surface area contributed by atoms with Crippen LogP contribution in [0, 0.1) is 11.8 Å². The number of hydrogen-bond donors (Lipinski definition) is 1. The lowest BCUT2D eigenvalue weighted by Gasteiger charge is -2.02. The maximum atomic E-state index is 5.80. The second kappa shape index (κ2) is 4.47. The molecule has 0 amide bonds. The molecule has 0 spiro atoms. The summed E-state index contributed by atoms with van der Waals surface area (Å²) in [4.78, 5) is 9.14. The van der Waals surface area contributed by atoms with Gasteiger partial charge in [0.1, 0.15) is 10.6 Å². The molecule has 2 aromatic rings. The predicted octanol–water partition coefficient (Wildman–Crippen LogP) is 2.78. The van der Waals surface area contributed by atoms with E-state index in [-0.39, 0.29) is 5.28 Å². The Morgan fingerprint density at radius 3 is 3.20 bits per heavy atom. The molecule has 0 aliphatic heterocycles. The number of fused-ring (bicyclic) bond motifs is 1. The smallest absolute Gasteiger partial charge is 0.225 e. The Bertz CT molecular complexity index is 538. The molecule has 0 atom stereocenters. The zero-order valence-corrected chi connectivity index (χ0v) is 9.61. The van der Waals surface area contributed by atoms with Gasteiger partial charge in [0, 0.05) is 0 Å². The van der Waals surface area contributed by atoms with Gasteiger partial charge in [0.25, 0.3) is 0 Å². The average molecular weight is 238 g/mol. The minimum absolute atomic E-state index is 0.261. The second-order valence-electron chi connectivity index (χ2n) is 2.76. The van der Waals surface area contributed by atoms with E-state index in [4.69, 9.17) is 11.6 Å². The van der Waals surface area contributed by atoms with Gasteiger partial charge in [-0.15, -0.1) is 17.3 Å². The van der Waals surface area contributed by atoms with E-state index >= 15 is 0 Å². The van der Waals surface area contributed by atoms with Crippen molar-refractivity contribution in [3.05, 3.63) is 16.7 Å². The van der Waals surface area contributed by atoms with Gasteiger partial charge in [0.2, 0.25) is 5.28 Å². The number of nitrogens with one attached hydrogen (secondary N) is 1. The fraction of sp³-hybridized carbons (Fsp3) is 0.200.